The molecule has 0 radical (unpaired) electrons. The molecule has 0 unspecified atom stereocenters. The first-order chi connectivity index (χ1) is 8.60. The molecular formula is C14H27NO3. The molecule has 0 aliphatic rings. The molecule has 0 bridgehead atoms. The van der Waals surface area contributed by atoms with Crippen LogP contribution in [-0.4, -0.2) is 32.3 Å². The van der Waals surface area contributed by atoms with E-state index in [1.165, 1.54) is 0 Å². The maximum absolute atomic E-state index is 11.5. The summed E-state index contributed by atoms with van der Waals surface area (Å²) < 4.78 is 10.3. The van der Waals surface area contributed by atoms with Gasteiger partial charge >= 0.3 is 5.97 Å². The Morgan fingerprint density at radius 2 is 2.11 bits per heavy atom. The topological polar surface area (TPSA) is 61.5 Å². The Labute approximate surface area is 111 Å². The van der Waals surface area contributed by atoms with Gasteiger partial charge in [-0.1, -0.05) is 19.9 Å². The molecule has 0 saturated heterocycles. The van der Waals surface area contributed by atoms with Crippen molar-refractivity contribution in [1.82, 2.24) is 0 Å². The quantitative estimate of drug-likeness (QED) is 0.350. The van der Waals surface area contributed by atoms with Crippen LogP contribution in [0.4, 0.5) is 0 Å². The van der Waals surface area contributed by atoms with E-state index in [2.05, 4.69) is 20.4 Å². The Balaban J connectivity index is 3.59. The molecule has 18 heavy (non-hydrogen) atoms. The number of nitrogens with two attached hydrogens (primary N) is 1. The predicted octanol–water partition coefficient (Wildman–Crippen LogP) is 2.13. The molecule has 1 atom stereocenters. The van der Waals surface area contributed by atoms with E-state index >= 15 is 0 Å². The van der Waals surface area contributed by atoms with Crippen LogP contribution in [0, 0.1) is 11.8 Å². The second-order valence-corrected chi connectivity index (χ2v) is 4.87. The van der Waals surface area contributed by atoms with E-state index in [0.717, 1.165) is 12.8 Å². The summed E-state index contributed by atoms with van der Waals surface area (Å²) >= 11 is 0. The smallest absolute Gasteiger partial charge is 0.306 e. The van der Waals surface area contributed by atoms with Crippen molar-refractivity contribution >= 4 is 5.97 Å². The first-order valence-corrected chi connectivity index (χ1v) is 6.64. The summed E-state index contributed by atoms with van der Waals surface area (Å²) in [5.41, 5.74) is 5.64. The summed E-state index contributed by atoms with van der Waals surface area (Å²) in [6.45, 7) is 9.89. The molecule has 0 aliphatic heterocycles. The van der Waals surface area contributed by atoms with Gasteiger partial charge in [0.25, 0.3) is 0 Å². The van der Waals surface area contributed by atoms with E-state index in [9.17, 15) is 4.79 Å². The number of esters is 1. The molecule has 0 aromatic heterocycles. The van der Waals surface area contributed by atoms with Gasteiger partial charge in [0.15, 0.2) is 0 Å². The van der Waals surface area contributed by atoms with Crippen LogP contribution in [-0.2, 0) is 14.3 Å². The highest BCUT2D eigenvalue weighted by atomic mass is 16.5. The lowest BCUT2D eigenvalue weighted by molar-refractivity contribution is -0.145. The van der Waals surface area contributed by atoms with Crippen molar-refractivity contribution < 1.29 is 14.3 Å². The monoisotopic (exact) mass is 257 g/mol. The van der Waals surface area contributed by atoms with Gasteiger partial charge in [0.05, 0.1) is 19.8 Å². The van der Waals surface area contributed by atoms with Gasteiger partial charge in [-0.2, -0.15) is 0 Å². The highest BCUT2D eigenvalue weighted by Gasteiger charge is 2.14. The van der Waals surface area contributed by atoms with Gasteiger partial charge < -0.3 is 15.2 Å². The summed E-state index contributed by atoms with van der Waals surface area (Å²) in [4.78, 5) is 11.5. The Morgan fingerprint density at radius 1 is 1.39 bits per heavy atom. The molecule has 106 valence electrons. The van der Waals surface area contributed by atoms with E-state index in [0.29, 0.717) is 38.7 Å². The maximum Gasteiger partial charge on any atom is 0.306 e. The minimum atomic E-state index is -0.158. The normalized spacial score (nSPS) is 12.4. The number of ether oxygens (including phenoxy) is 2. The van der Waals surface area contributed by atoms with E-state index in [-0.39, 0.29) is 11.9 Å². The van der Waals surface area contributed by atoms with Gasteiger partial charge in [-0.05, 0) is 24.8 Å². The van der Waals surface area contributed by atoms with Crippen LogP contribution in [0.5, 0.6) is 0 Å². The molecule has 0 rings (SSSR count). The number of carbonyl (C=O) groups is 1. The van der Waals surface area contributed by atoms with E-state index in [1.807, 2.05) is 0 Å². The molecule has 0 fully saturated rings. The molecule has 0 amide bonds. The third-order valence-corrected chi connectivity index (χ3v) is 2.53. The van der Waals surface area contributed by atoms with Crippen LogP contribution in [0.1, 0.15) is 33.1 Å². The zero-order valence-electron chi connectivity index (χ0n) is 11.7. The van der Waals surface area contributed by atoms with Gasteiger partial charge in [-0.25, -0.2) is 0 Å². The largest absolute Gasteiger partial charge is 0.466 e. The van der Waals surface area contributed by atoms with Gasteiger partial charge in [0.2, 0.25) is 0 Å². The Morgan fingerprint density at radius 3 is 2.67 bits per heavy atom. The molecule has 0 heterocycles. The highest BCUT2D eigenvalue weighted by molar-refractivity contribution is 5.69. The SMILES string of the molecule is C=CCOCCCOC(=O)C[C@@H](CN)CC(C)C. The minimum absolute atomic E-state index is 0.158. The lowest BCUT2D eigenvalue weighted by Gasteiger charge is -2.16. The first kappa shape index (κ1) is 17.1. The Hall–Kier alpha value is -0.870. The van der Waals surface area contributed by atoms with Crippen molar-refractivity contribution in [2.75, 3.05) is 26.4 Å². The van der Waals surface area contributed by atoms with Gasteiger partial charge in [0, 0.05) is 12.8 Å². The molecular weight excluding hydrogens is 230 g/mol. The van der Waals surface area contributed by atoms with E-state index in [4.69, 9.17) is 15.2 Å². The van der Waals surface area contributed by atoms with Crippen molar-refractivity contribution in [2.45, 2.75) is 33.1 Å². The number of hydrogen-bond acceptors (Lipinski definition) is 4. The Kier molecular flexibility index (Phi) is 10.7. The van der Waals surface area contributed by atoms with Crippen LogP contribution in [0.25, 0.3) is 0 Å². The van der Waals surface area contributed by atoms with Gasteiger partial charge in [0.1, 0.15) is 0 Å². The highest BCUT2D eigenvalue weighted by Crippen LogP contribution is 2.14. The lowest BCUT2D eigenvalue weighted by atomic mass is 9.94. The van der Waals surface area contributed by atoms with Crippen molar-refractivity contribution in [1.29, 1.82) is 0 Å². The first-order valence-electron chi connectivity index (χ1n) is 6.64. The van der Waals surface area contributed by atoms with Crippen LogP contribution < -0.4 is 5.73 Å². The standard InChI is InChI=1S/C14H27NO3/c1-4-6-17-7-5-8-18-14(16)10-13(11-15)9-12(2)3/h4,12-13H,1,5-11,15H2,2-3H3/t13-/m0/s1. The van der Waals surface area contributed by atoms with Crippen molar-refractivity contribution in [3.63, 3.8) is 0 Å². The van der Waals surface area contributed by atoms with E-state index < -0.39 is 0 Å². The average Bonchev–Trinajstić information content (AvgIpc) is 2.32. The summed E-state index contributed by atoms with van der Waals surface area (Å²) in [5, 5.41) is 0. The minimum Gasteiger partial charge on any atom is -0.466 e. The zero-order chi connectivity index (χ0) is 13.8. The van der Waals surface area contributed by atoms with Crippen LogP contribution in [0.15, 0.2) is 12.7 Å². The summed E-state index contributed by atoms with van der Waals surface area (Å²) in [5.74, 6) is 0.628. The van der Waals surface area contributed by atoms with Crippen molar-refractivity contribution in [3.8, 4) is 0 Å². The second-order valence-electron chi connectivity index (χ2n) is 4.87. The number of rotatable bonds is 11. The summed E-state index contributed by atoms with van der Waals surface area (Å²) in [6, 6.07) is 0. The fourth-order valence-electron chi connectivity index (χ4n) is 1.74. The fraction of sp³-hybridized carbons (Fsp3) is 0.786. The average molecular weight is 257 g/mol. The van der Waals surface area contributed by atoms with E-state index in [1.54, 1.807) is 6.08 Å². The lowest BCUT2D eigenvalue weighted by Crippen LogP contribution is -2.21. The Bertz CT molecular complexity index is 229. The number of carbonyl (C=O) groups excluding carboxylic acids is 1. The van der Waals surface area contributed by atoms with Crippen LogP contribution in [0.3, 0.4) is 0 Å². The third-order valence-electron chi connectivity index (χ3n) is 2.53. The fourth-order valence-corrected chi connectivity index (χ4v) is 1.74. The van der Waals surface area contributed by atoms with Gasteiger partial charge in [-0.3, -0.25) is 4.79 Å². The molecule has 0 aliphatic carbocycles. The summed E-state index contributed by atoms with van der Waals surface area (Å²) in [7, 11) is 0. The molecule has 0 aromatic carbocycles. The second kappa shape index (κ2) is 11.2. The molecule has 0 saturated carbocycles. The van der Waals surface area contributed by atoms with Crippen molar-refractivity contribution in [3.05, 3.63) is 12.7 Å². The van der Waals surface area contributed by atoms with Crippen molar-refractivity contribution in [2.24, 2.45) is 17.6 Å². The third kappa shape index (κ3) is 10.3. The zero-order valence-corrected chi connectivity index (χ0v) is 11.7. The maximum atomic E-state index is 11.5. The van der Waals surface area contributed by atoms with Crippen LogP contribution in [0.2, 0.25) is 0 Å². The number of hydrogen-bond donors (Lipinski definition) is 1. The predicted molar refractivity (Wildman–Crippen MR) is 73.2 cm³/mol. The molecule has 0 spiro atoms. The molecule has 2 N–H and O–H groups in total. The van der Waals surface area contributed by atoms with Gasteiger partial charge in [-0.15, -0.1) is 6.58 Å². The molecule has 4 heteroatoms. The summed E-state index contributed by atoms with van der Waals surface area (Å²) in [6.07, 6.45) is 3.80. The molecule has 4 nitrogen and oxygen atoms in total. The van der Waals surface area contributed by atoms with Crippen LogP contribution >= 0.6 is 0 Å². The molecule has 0 aromatic rings.